The molecule has 5 nitrogen and oxygen atoms in total. The van der Waals surface area contributed by atoms with Gasteiger partial charge in [-0.3, -0.25) is 4.79 Å². The monoisotopic (exact) mass is 401 g/mol. The minimum atomic E-state index is 0.153. The molecule has 2 saturated heterocycles. The molecule has 3 N–H and O–H groups in total. The first kappa shape index (κ1) is 19.6. The predicted octanol–water partition coefficient (Wildman–Crippen LogP) is 0.199. The highest BCUT2D eigenvalue weighted by Gasteiger charge is 2.32. The number of ether oxygens (including phenoxy) is 1. The summed E-state index contributed by atoms with van der Waals surface area (Å²) in [7, 11) is 0. The second-order valence-electron chi connectivity index (χ2n) is 7.93. The summed E-state index contributed by atoms with van der Waals surface area (Å²) >= 11 is 1.81. The van der Waals surface area contributed by atoms with E-state index in [2.05, 4.69) is 47.1 Å². The summed E-state index contributed by atoms with van der Waals surface area (Å²) in [6.07, 6.45) is 2.40. The van der Waals surface area contributed by atoms with Crippen molar-refractivity contribution in [1.82, 2.24) is 5.32 Å². The first-order chi connectivity index (χ1) is 13.8. The third-order valence-electron chi connectivity index (χ3n) is 5.92. The molecule has 6 heteroatoms. The van der Waals surface area contributed by atoms with E-state index in [4.69, 9.17) is 4.74 Å². The highest BCUT2D eigenvalue weighted by Crippen LogP contribution is 2.23. The van der Waals surface area contributed by atoms with Crippen LogP contribution in [0.4, 0.5) is 0 Å². The molecule has 4 rings (SSSR count). The molecule has 1 aromatic carbocycles. The van der Waals surface area contributed by atoms with E-state index >= 15 is 0 Å². The Morgan fingerprint density at radius 2 is 1.89 bits per heavy atom. The van der Waals surface area contributed by atoms with Crippen molar-refractivity contribution >= 4 is 17.2 Å². The molecule has 0 bridgehead atoms. The molecule has 0 radical (unpaired) electrons. The molecule has 0 saturated carbocycles. The molecule has 0 aliphatic carbocycles. The molecule has 1 aromatic heterocycles. The SMILES string of the molecule is O=C(C[NH+]1CCC[C@@H]1c1cccs1)NCc1ccc(C[NH+]2CCOCC2)cc1. The van der Waals surface area contributed by atoms with Gasteiger partial charge in [0.15, 0.2) is 6.54 Å². The van der Waals surface area contributed by atoms with Crippen LogP contribution in [0.1, 0.15) is 34.9 Å². The van der Waals surface area contributed by atoms with Crippen molar-refractivity contribution < 1.29 is 19.3 Å². The number of benzene rings is 1. The number of carbonyl (C=O) groups excluding carboxylic acids is 1. The normalized spacial score (nSPS) is 23.0. The Balaban J connectivity index is 1.23. The maximum atomic E-state index is 12.5. The van der Waals surface area contributed by atoms with Crippen LogP contribution >= 0.6 is 11.3 Å². The number of likely N-dealkylation sites (tertiary alicyclic amines) is 1. The van der Waals surface area contributed by atoms with Gasteiger partial charge in [0, 0.05) is 24.9 Å². The zero-order valence-corrected chi connectivity index (χ0v) is 17.2. The van der Waals surface area contributed by atoms with E-state index in [1.165, 1.54) is 33.7 Å². The number of nitrogens with one attached hydrogen (secondary N) is 3. The number of rotatable bonds is 7. The Kier molecular flexibility index (Phi) is 6.75. The van der Waals surface area contributed by atoms with Gasteiger partial charge in [-0.2, -0.15) is 0 Å². The molecule has 2 fully saturated rings. The smallest absolute Gasteiger partial charge is 0.275 e. The van der Waals surface area contributed by atoms with Gasteiger partial charge in [0.2, 0.25) is 0 Å². The van der Waals surface area contributed by atoms with Crippen molar-refractivity contribution in [2.24, 2.45) is 0 Å². The van der Waals surface area contributed by atoms with E-state index < -0.39 is 0 Å². The fraction of sp³-hybridized carbons (Fsp3) is 0.500. The highest BCUT2D eigenvalue weighted by atomic mass is 32.1. The Hall–Kier alpha value is -1.73. The minimum absolute atomic E-state index is 0.153. The van der Waals surface area contributed by atoms with Crippen molar-refractivity contribution in [3.8, 4) is 0 Å². The molecule has 0 spiro atoms. The van der Waals surface area contributed by atoms with Gasteiger partial charge in [0.1, 0.15) is 25.7 Å². The second kappa shape index (κ2) is 9.65. The van der Waals surface area contributed by atoms with Crippen LogP contribution < -0.4 is 15.1 Å². The van der Waals surface area contributed by atoms with Gasteiger partial charge in [0.25, 0.3) is 5.91 Å². The van der Waals surface area contributed by atoms with E-state index in [1.54, 1.807) is 4.90 Å². The quantitative estimate of drug-likeness (QED) is 0.621. The molecule has 2 aliphatic rings. The summed E-state index contributed by atoms with van der Waals surface area (Å²) in [4.78, 5) is 16.9. The van der Waals surface area contributed by atoms with E-state index in [0.29, 0.717) is 19.1 Å². The van der Waals surface area contributed by atoms with Crippen LogP contribution in [-0.2, 0) is 22.6 Å². The first-order valence-corrected chi connectivity index (χ1v) is 11.3. The fourth-order valence-electron chi connectivity index (χ4n) is 4.33. The van der Waals surface area contributed by atoms with Crippen LogP contribution in [-0.4, -0.2) is 45.3 Å². The largest absolute Gasteiger partial charge is 0.370 e. The summed E-state index contributed by atoms with van der Waals surface area (Å²) < 4.78 is 5.42. The lowest BCUT2D eigenvalue weighted by Gasteiger charge is -2.23. The molecule has 1 unspecified atom stereocenters. The summed E-state index contributed by atoms with van der Waals surface area (Å²) in [6, 6.07) is 13.5. The van der Waals surface area contributed by atoms with Gasteiger partial charge in [-0.1, -0.05) is 30.3 Å². The molecule has 2 aromatic rings. The van der Waals surface area contributed by atoms with Crippen molar-refractivity contribution in [1.29, 1.82) is 0 Å². The number of morpholine rings is 1. The molecule has 3 heterocycles. The summed E-state index contributed by atoms with van der Waals surface area (Å²) in [6.45, 7) is 7.23. The van der Waals surface area contributed by atoms with Crippen LogP contribution in [0.2, 0.25) is 0 Å². The third-order valence-corrected chi connectivity index (χ3v) is 6.91. The third kappa shape index (κ3) is 5.20. The molecule has 150 valence electrons. The van der Waals surface area contributed by atoms with Gasteiger partial charge in [-0.05, 0) is 17.0 Å². The lowest BCUT2D eigenvalue weighted by molar-refractivity contribution is -0.921. The fourth-order valence-corrected chi connectivity index (χ4v) is 5.25. The van der Waals surface area contributed by atoms with Crippen molar-refractivity contribution in [3.05, 3.63) is 57.8 Å². The zero-order chi connectivity index (χ0) is 19.2. The molecular formula is C22H31N3O2S+2. The summed E-state index contributed by atoms with van der Waals surface area (Å²) in [5.74, 6) is 0.153. The lowest BCUT2D eigenvalue weighted by Crippen LogP contribution is -3.12. The summed E-state index contributed by atoms with van der Waals surface area (Å²) in [5, 5.41) is 5.25. The average Bonchev–Trinajstić information content (AvgIpc) is 3.40. The van der Waals surface area contributed by atoms with Gasteiger partial charge in [-0.15, -0.1) is 11.3 Å². The first-order valence-electron chi connectivity index (χ1n) is 10.4. The Bertz CT molecular complexity index is 742. The number of hydrogen-bond acceptors (Lipinski definition) is 3. The van der Waals surface area contributed by atoms with E-state index in [9.17, 15) is 4.79 Å². The predicted molar refractivity (Wildman–Crippen MR) is 110 cm³/mol. The standard InChI is InChI=1S/C22H29N3O2S/c26-22(17-25-9-1-3-20(25)21-4-2-14-28-21)23-15-18-5-7-19(8-6-18)16-24-10-12-27-13-11-24/h2,4-8,14,20H,1,3,9-13,15-17H2,(H,23,26)/p+2/t20-/m1/s1. The second-order valence-corrected chi connectivity index (χ2v) is 8.91. The van der Waals surface area contributed by atoms with E-state index in [-0.39, 0.29) is 5.91 Å². The number of amides is 1. The van der Waals surface area contributed by atoms with Crippen LogP contribution in [0.3, 0.4) is 0 Å². The summed E-state index contributed by atoms with van der Waals surface area (Å²) in [5.41, 5.74) is 2.52. The van der Waals surface area contributed by atoms with Crippen molar-refractivity contribution in [3.63, 3.8) is 0 Å². The Morgan fingerprint density at radius 1 is 1.11 bits per heavy atom. The Labute approximate surface area is 171 Å². The van der Waals surface area contributed by atoms with Crippen molar-refractivity contribution in [2.45, 2.75) is 32.0 Å². The number of quaternary nitrogens is 2. The minimum Gasteiger partial charge on any atom is -0.370 e. The number of thiophene rings is 1. The number of carbonyl (C=O) groups is 1. The average molecular weight is 402 g/mol. The van der Waals surface area contributed by atoms with Crippen molar-refractivity contribution in [2.75, 3.05) is 39.4 Å². The van der Waals surface area contributed by atoms with Crippen LogP contribution in [0.25, 0.3) is 0 Å². The van der Waals surface area contributed by atoms with Gasteiger partial charge >= 0.3 is 0 Å². The molecule has 2 aliphatic heterocycles. The maximum absolute atomic E-state index is 12.5. The van der Waals surface area contributed by atoms with E-state index in [0.717, 1.165) is 39.4 Å². The Morgan fingerprint density at radius 3 is 2.64 bits per heavy atom. The van der Waals surface area contributed by atoms with Crippen LogP contribution in [0.5, 0.6) is 0 Å². The number of hydrogen-bond donors (Lipinski definition) is 3. The molecule has 28 heavy (non-hydrogen) atoms. The highest BCUT2D eigenvalue weighted by molar-refractivity contribution is 7.10. The lowest BCUT2D eigenvalue weighted by atomic mass is 10.1. The van der Waals surface area contributed by atoms with Crippen LogP contribution in [0.15, 0.2) is 41.8 Å². The zero-order valence-electron chi connectivity index (χ0n) is 16.4. The van der Waals surface area contributed by atoms with Gasteiger partial charge < -0.3 is 19.9 Å². The van der Waals surface area contributed by atoms with E-state index in [1.807, 2.05) is 11.3 Å². The van der Waals surface area contributed by atoms with Crippen LogP contribution in [0, 0.1) is 0 Å². The van der Waals surface area contributed by atoms with Gasteiger partial charge in [-0.25, -0.2) is 0 Å². The maximum Gasteiger partial charge on any atom is 0.275 e. The molecular weight excluding hydrogens is 370 g/mol. The van der Waals surface area contributed by atoms with Gasteiger partial charge in [0.05, 0.1) is 24.6 Å². The molecule has 1 amide bonds. The topological polar surface area (TPSA) is 47.2 Å². The molecule has 2 atom stereocenters.